The zero-order chi connectivity index (χ0) is 23.8. The molecule has 1 atom stereocenters. The van der Waals surface area contributed by atoms with E-state index >= 15 is 0 Å². The Morgan fingerprint density at radius 3 is 2.32 bits per heavy atom. The summed E-state index contributed by atoms with van der Waals surface area (Å²) < 4.78 is 5.30. The lowest BCUT2D eigenvalue weighted by Gasteiger charge is -2.32. The second kappa shape index (κ2) is 11.8. The monoisotopic (exact) mass is 461 g/mol. The van der Waals surface area contributed by atoms with E-state index in [1.807, 2.05) is 53.4 Å². The molecular weight excluding hydrogens is 426 g/mol. The summed E-state index contributed by atoms with van der Waals surface area (Å²) in [5, 5.41) is 3.22. The maximum atomic E-state index is 13.0. The standard InChI is InChI=1S/C28H35N3O3/c1-34-25-12-10-23(11-13-25)26(30-17-5-6-18-30)21-29-28(33)24-15-19-31(20-16-24)27(32)14-9-22-7-3-2-4-8-22/h2-4,7-14,24,26H,5-6,15-21H2,1H3,(H,29,33). The van der Waals surface area contributed by atoms with Gasteiger partial charge in [-0.2, -0.15) is 0 Å². The molecule has 2 saturated heterocycles. The van der Waals surface area contributed by atoms with E-state index in [0.29, 0.717) is 32.5 Å². The normalized spacial score (nSPS) is 18.2. The van der Waals surface area contributed by atoms with Crippen LogP contribution in [0.4, 0.5) is 0 Å². The van der Waals surface area contributed by atoms with E-state index in [0.717, 1.165) is 24.4 Å². The van der Waals surface area contributed by atoms with Gasteiger partial charge in [0, 0.05) is 31.6 Å². The molecule has 2 fully saturated rings. The minimum atomic E-state index is -0.0442. The van der Waals surface area contributed by atoms with Gasteiger partial charge < -0.3 is 15.0 Å². The largest absolute Gasteiger partial charge is 0.497 e. The summed E-state index contributed by atoms with van der Waals surface area (Å²) in [6, 6.07) is 18.2. The molecule has 6 nitrogen and oxygen atoms in total. The minimum absolute atomic E-state index is 0.0105. The quantitative estimate of drug-likeness (QED) is 0.606. The number of hydrogen-bond donors (Lipinski definition) is 1. The number of amides is 2. The van der Waals surface area contributed by atoms with Gasteiger partial charge in [-0.25, -0.2) is 0 Å². The van der Waals surface area contributed by atoms with Crippen molar-refractivity contribution >= 4 is 17.9 Å². The number of carbonyl (C=O) groups excluding carboxylic acids is 2. The second-order valence-electron chi connectivity index (χ2n) is 9.12. The molecule has 1 N–H and O–H groups in total. The van der Waals surface area contributed by atoms with Gasteiger partial charge in [-0.15, -0.1) is 0 Å². The number of nitrogens with zero attached hydrogens (tertiary/aromatic N) is 2. The average Bonchev–Trinajstić information content (AvgIpc) is 3.43. The molecular formula is C28H35N3O3. The molecule has 4 rings (SSSR count). The van der Waals surface area contributed by atoms with Crippen molar-refractivity contribution in [2.24, 2.45) is 5.92 Å². The highest BCUT2D eigenvalue weighted by Crippen LogP contribution is 2.27. The number of methoxy groups -OCH3 is 1. The number of carbonyl (C=O) groups is 2. The predicted octanol–water partition coefficient (Wildman–Crippen LogP) is 3.90. The first kappa shape index (κ1) is 24.0. The van der Waals surface area contributed by atoms with Crippen molar-refractivity contribution in [1.82, 2.24) is 15.1 Å². The number of piperidine rings is 1. The Kier molecular flexibility index (Phi) is 8.36. The molecule has 0 radical (unpaired) electrons. The molecule has 2 amide bonds. The summed E-state index contributed by atoms with van der Waals surface area (Å²) in [6.45, 7) is 3.95. The van der Waals surface area contributed by atoms with E-state index in [9.17, 15) is 9.59 Å². The summed E-state index contributed by atoms with van der Waals surface area (Å²) >= 11 is 0. The number of hydrogen-bond acceptors (Lipinski definition) is 4. The van der Waals surface area contributed by atoms with Gasteiger partial charge in [0.15, 0.2) is 0 Å². The molecule has 2 aliphatic rings. The number of nitrogens with one attached hydrogen (secondary N) is 1. The fourth-order valence-electron chi connectivity index (χ4n) is 4.88. The summed E-state index contributed by atoms with van der Waals surface area (Å²) in [7, 11) is 1.67. The molecule has 0 bridgehead atoms. The van der Waals surface area contributed by atoms with Crippen LogP contribution < -0.4 is 10.1 Å². The SMILES string of the molecule is COc1ccc(C(CNC(=O)C2CCN(C(=O)C=Cc3ccccc3)CC2)N2CCCC2)cc1. The van der Waals surface area contributed by atoms with Crippen molar-refractivity contribution < 1.29 is 14.3 Å². The Morgan fingerprint density at radius 2 is 1.68 bits per heavy atom. The van der Waals surface area contributed by atoms with Gasteiger partial charge in [-0.3, -0.25) is 14.5 Å². The third-order valence-electron chi connectivity index (χ3n) is 6.95. The molecule has 34 heavy (non-hydrogen) atoms. The van der Waals surface area contributed by atoms with Crippen molar-refractivity contribution in [3.63, 3.8) is 0 Å². The first-order chi connectivity index (χ1) is 16.6. The van der Waals surface area contributed by atoms with Gasteiger partial charge in [0.1, 0.15) is 5.75 Å². The smallest absolute Gasteiger partial charge is 0.246 e. The van der Waals surface area contributed by atoms with Crippen molar-refractivity contribution in [2.45, 2.75) is 31.7 Å². The van der Waals surface area contributed by atoms with E-state index in [4.69, 9.17) is 4.74 Å². The molecule has 0 spiro atoms. The summed E-state index contributed by atoms with van der Waals surface area (Å²) in [4.78, 5) is 29.8. The van der Waals surface area contributed by atoms with Crippen LogP contribution in [0.3, 0.4) is 0 Å². The molecule has 0 aromatic heterocycles. The molecule has 2 heterocycles. The van der Waals surface area contributed by atoms with Crippen LogP contribution in [0.5, 0.6) is 5.75 Å². The Morgan fingerprint density at radius 1 is 1.00 bits per heavy atom. The highest BCUT2D eigenvalue weighted by atomic mass is 16.5. The lowest BCUT2D eigenvalue weighted by Crippen LogP contribution is -2.44. The topological polar surface area (TPSA) is 61.9 Å². The molecule has 2 aromatic carbocycles. The van der Waals surface area contributed by atoms with Crippen molar-refractivity contribution in [1.29, 1.82) is 0 Å². The zero-order valence-corrected chi connectivity index (χ0v) is 20.0. The fourth-order valence-corrected chi connectivity index (χ4v) is 4.88. The maximum Gasteiger partial charge on any atom is 0.246 e. The van der Waals surface area contributed by atoms with E-state index < -0.39 is 0 Å². The van der Waals surface area contributed by atoms with E-state index in [-0.39, 0.29) is 23.8 Å². The number of ether oxygens (including phenoxy) is 1. The van der Waals surface area contributed by atoms with E-state index in [1.54, 1.807) is 13.2 Å². The lowest BCUT2D eigenvalue weighted by atomic mass is 9.95. The Labute approximate surface area is 202 Å². The van der Waals surface area contributed by atoms with Gasteiger partial charge in [-0.1, -0.05) is 42.5 Å². The maximum absolute atomic E-state index is 13.0. The van der Waals surface area contributed by atoms with Crippen LogP contribution in [0.25, 0.3) is 6.08 Å². The lowest BCUT2D eigenvalue weighted by molar-refractivity contribution is -0.132. The van der Waals surface area contributed by atoms with Gasteiger partial charge in [-0.05, 0) is 68.1 Å². The Balaban J connectivity index is 1.28. The number of likely N-dealkylation sites (tertiary alicyclic amines) is 2. The van der Waals surface area contributed by atoms with Crippen LogP contribution in [-0.4, -0.2) is 61.4 Å². The van der Waals surface area contributed by atoms with Gasteiger partial charge in [0.05, 0.1) is 13.2 Å². The van der Waals surface area contributed by atoms with E-state index in [2.05, 4.69) is 22.3 Å². The van der Waals surface area contributed by atoms with Crippen LogP contribution in [0.1, 0.15) is 42.9 Å². The fraction of sp³-hybridized carbons (Fsp3) is 0.429. The minimum Gasteiger partial charge on any atom is -0.497 e. The molecule has 1 unspecified atom stereocenters. The first-order valence-electron chi connectivity index (χ1n) is 12.3. The van der Waals surface area contributed by atoms with Crippen LogP contribution in [0, 0.1) is 5.92 Å². The van der Waals surface area contributed by atoms with Crippen LogP contribution in [0.2, 0.25) is 0 Å². The molecule has 180 valence electrons. The third-order valence-corrected chi connectivity index (χ3v) is 6.95. The van der Waals surface area contributed by atoms with Crippen molar-refractivity contribution in [2.75, 3.05) is 39.8 Å². The molecule has 2 aliphatic heterocycles. The van der Waals surface area contributed by atoms with Crippen molar-refractivity contribution in [3.05, 3.63) is 71.8 Å². The van der Waals surface area contributed by atoms with E-state index in [1.165, 1.54) is 18.4 Å². The Hall–Kier alpha value is -3.12. The highest BCUT2D eigenvalue weighted by molar-refractivity contribution is 5.92. The number of rotatable bonds is 8. The van der Waals surface area contributed by atoms with Crippen LogP contribution >= 0.6 is 0 Å². The summed E-state index contributed by atoms with van der Waals surface area (Å²) in [6.07, 6.45) is 7.28. The van der Waals surface area contributed by atoms with Gasteiger partial charge in [0.25, 0.3) is 0 Å². The van der Waals surface area contributed by atoms with Crippen LogP contribution in [-0.2, 0) is 9.59 Å². The highest BCUT2D eigenvalue weighted by Gasteiger charge is 2.29. The second-order valence-corrected chi connectivity index (χ2v) is 9.12. The first-order valence-corrected chi connectivity index (χ1v) is 12.3. The molecule has 0 saturated carbocycles. The van der Waals surface area contributed by atoms with Gasteiger partial charge >= 0.3 is 0 Å². The zero-order valence-electron chi connectivity index (χ0n) is 20.0. The predicted molar refractivity (Wildman–Crippen MR) is 134 cm³/mol. The molecule has 2 aromatic rings. The van der Waals surface area contributed by atoms with Gasteiger partial charge in [0.2, 0.25) is 11.8 Å². The Bertz CT molecular complexity index is 960. The summed E-state index contributed by atoms with van der Waals surface area (Å²) in [5.74, 6) is 0.908. The summed E-state index contributed by atoms with van der Waals surface area (Å²) in [5.41, 5.74) is 2.21. The average molecular weight is 462 g/mol. The van der Waals surface area contributed by atoms with Crippen LogP contribution in [0.15, 0.2) is 60.7 Å². The van der Waals surface area contributed by atoms with Crippen molar-refractivity contribution in [3.8, 4) is 5.75 Å². The molecule has 0 aliphatic carbocycles. The molecule has 6 heteroatoms. The number of benzene rings is 2. The third kappa shape index (κ3) is 6.26.